The Morgan fingerprint density at radius 3 is 2.11 bits per heavy atom. The van der Waals surface area contributed by atoms with E-state index in [1.54, 1.807) is 0 Å². The van der Waals surface area contributed by atoms with Crippen LogP contribution in [0.1, 0.15) is 31.2 Å². The minimum absolute atomic E-state index is 0.365. The Balaban J connectivity index is 2.65. The Morgan fingerprint density at radius 1 is 1.05 bits per heavy atom. The average molecular weight is 250 g/mol. The Morgan fingerprint density at radius 2 is 1.63 bits per heavy atom. The first-order chi connectivity index (χ1) is 9.08. The summed E-state index contributed by atoms with van der Waals surface area (Å²) in [5.41, 5.74) is 4.30. The number of nitriles is 2. The summed E-state index contributed by atoms with van der Waals surface area (Å²) in [6, 6.07) is 10.1. The minimum atomic E-state index is -0.365. The van der Waals surface area contributed by atoms with Crippen molar-refractivity contribution >= 4 is 0 Å². The van der Waals surface area contributed by atoms with Gasteiger partial charge in [0.1, 0.15) is 0 Å². The molecule has 4 nitrogen and oxygen atoms in total. The number of hydrogen-bond acceptors (Lipinski definition) is 4. The molecule has 1 aliphatic heterocycles. The number of aromatic nitrogens is 1. The fraction of sp³-hybridized carbons (Fsp3) is 0.267. The summed E-state index contributed by atoms with van der Waals surface area (Å²) in [7, 11) is 0. The molecule has 1 aromatic rings. The molecule has 19 heavy (non-hydrogen) atoms. The van der Waals surface area contributed by atoms with E-state index < -0.39 is 0 Å². The zero-order valence-corrected chi connectivity index (χ0v) is 11.2. The maximum Gasteiger partial charge on any atom is 0.0976 e. The number of nitrogens with zero attached hydrogens (tertiary/aromatic N) is 3. The molecule has 0 aromatic carbocycles. The second-order valence-corrected chi connectivity index (χ2v) is 4.56. The van der Waals surface area contributed by atoms with Crippen LogP contribution in [0.4, 0.5) is 0 Å². The number of dihydropyridines is 1. The normalized spacial score (nSPS) is 15.8. The van der Waals surface area contributed by atoms with Crippen LogP contribution >= 0.6 is 0 Å². The van der Waals surface area contributed by atoms with Crippen molar-refractivity contribution in [1.29, 1.82) is 10.5 Å². The predicted molar refractivity (Wildman–Crippen MR) is 71.5 cm³/mol. The average Bonchev–Trinajstić information content (AvgIpc) is 2.38. The Hall–Kier alpha value is -2.59. The van der Waals surface area contributed by atoms with E-state index in [0.29, 0.717) is 11.1 Å². The molecule has 0 bridgehead atoms. The van der Waals surface area contributed by atoms with Crippen LogP contribution < -0.4 is 5.32 Å². The van der Waals surface area contributed by atoms with Gasteiger partial charge in [0, 0.05) is 17.1 Å². The Bertz CT molecular complexity index is 632. The molecule has 0 spiro atoms. The van der Waals surface area contributed by atoms with Gasteiger partial charge in [0.05, 0.1) is 34.9 Å². The molecule has 0 amide bonds. The number of rotatable bonds is 1. The van der Waals surface area contributed by atoms with Crippen molar-refractivity contribution < 1.29 is 0 Å². The van der Waals surface area contributed by atoms with E-state index in [-0.39, 0.29) is 5.92 Å². The number of aryl methyl sites for hydroxylation is 1. The zero-order chi connectivity index (χ0) is 14.0. The van der Waals surface area contributed by atoms with Crippen molar-refractivity contribution in [2.45, 2.75) is 26.7 Å². The van der Waals surface area contributed by atoms with Gasteiger partial charge in [-0.3, -0.25) is 4.98 Å². The Labute approximate surface area is 112 Å². The molecule has 1 aliphatic rings. The van der Waals surface area contributed by atoms with Crippen LogP contribution in [0.2, 0.25) is 0 Å². The first-order valence-corrected chi connectivity index (χ1v) is 6.00. The van der Waals surface area contributed by atoms with Crippen LogP contribution in [0.25, 0.3) is 0 Å². The van der Waals surface area contributed by atoms with Gasteiger partial charge in [-0.2, -0.15) is 10.5 Å². The highest BCUT2D eigenvalue weighted by atomic mass is 14.9. The molecular formula is C15H14N4. The minimum Gasteiger partial charge on any atom is -0.361 e. The summed E-state index contributed by atoms with van der Waals surface area (Å²) in [6.45, 7) is 5.59. The van der Waals surface area contributed by atoms with Crippen molar-refractivity contribution in [1.82, 2.24) is 10.3 Å². The standard InChI is InChI=1S/C15H14N4/c1-9-5-4-6-14(18-9)15-12(7-16)10(2)19-11(3)13(15)8-17/h4-6,15,19H,1-3H3. The zero-order valence-electron chi connectivity index (χ0n) is 11.2. The summed E-state index contributed by atoms with van der Waals surface area (Å²) in [4.78, 5) is 4.46. The van der Waals surface area contributed by atoms with Crippen LogP contribution in [0.5, 0.6) is 0 Å². The monoisotopic (exact) mass is 250 g/mol. The lowest BCUT2D eigenvalue weighted by Crippen LogP contribution is -2.24. The molecule has 0 saturated heterocycles. The third-order valence-electron chi connectivity index (χ3n) is 3.21. The number of pyridine rings is 1. The Kier molecular flexibility index (Phi) is 3.35. The highest BCUT2D eigenvalue weighted by molar-refractivity contribution is 5.53. The molecular weight excluding hydrogens is 236 g/mol. The lowest BCUT2D eigenvalue weighted by molar-refractivity contribution is 0.792. The second kappa shape index (κ2) is 4.96. The van der Waals surface area contributed by atoms with Crippen molar-refractivity contribution in [3.05, 3.63) is 52.1 Å². The van der Waals surface area contributed by atoms with Crippen LogP contribution in [0.3, 0.4) is 0 Å². The van der Waals surface area contributed by atoms with Gasteiger partial charge in [0.15, 0.2) is 0 Å². The third kappa shape index (κ3) is 2.21. The fourth-order valence-electron chi connectivity index (χ4n) is 2.31. The van der Waals surface area contributed by atoms with Crippen molar-refractivity contribution in [3.8, 4) is 12.1 Å². The first kappa shape index (κ1) is 12.9. The van der Waals surface area contributed by atoms with Gasteiger partial charge in [-0.1, -0.05) is 6.07 Å². The van der Waals surface area contributed by atoms with Gasteiger partial charge in [-0.05, 0) is 32.9 Å². The van der Waals surface area contributed by atoms with E-state index in [9.17, 15) is 10.5 Å². The van der Waals surface area contributed by atoms with Crippen LogP contribution in [0, 0.1) is 29.6 Å². The highest BCUT2D eigenvalue weighted by Crippen LogP contribution is 2.36. The number of allylic oxidation sites excluding steroid dienone is 4. The molecule has 0 atom stereocenters. The van der Waals surface area contributed by atoms with Gasteiger partial charge in [-0.15, -0.1) is 0 Å². The molecule has 0 saturated carbocycles. The van der Waals surface area contributed by atoms with Crippen molar-refractivity contribution in [3.63, 3.8) is 0 Å². The van der Waals surface area contributed by atoms with E-state index in [1.165, 1.54) is 0 Å². The summed E-state index contributed by atoms with van der Waals surface area (Å²) in [5.74, 6) is -0.365. The summed E-state index contributed by atoms with van der Waals surface area (Å²) < 4.78 is 0. The van der Waals surface area contributed by atoms with Crippen LogP contribution in [0.15, 0.2) is 40.7 Å². The molecule has 0 aliphatic carbocycles. The smallest absolute Gasteiger partial charge is 0.0976 e. The summed E-state index contributed by atoms with van der Waals surface area (Å²) in [6.07, 6.45) is 0. The number of hydrogen-bond donors (Lipinski definition) is 1. The van der Waals surface area contributed by atoms with Gasteiger partial charge < -0.3 is 5.32 Å². The van der Waals surface area contributed by atoms with Crippen LogP contribution in [-0.2, 0) is 0 Å². The van der Waals surface area contributed by atoms with Crippen LogP contribution in [-0.4, -0.2) is 4.98 Å². The van der Waals surface area contributed by atoms with Gasteiger partial charge in [-0.25, -0.2) is 0 Å². The molecule has 1 N–H and O–H groups in total. The van der Waals surface area contributed by atoms with E-state index in [4.69, 9.17) is 0 Å². The molecule has 0 radical (unpaired) electrons. The largest absolute Gasteiger partial charge is 0.361 e. The molecule has 0 fully saturated rings. The van der Waals surface area contributed by atoms with E-state index in [1.807, 2.05) is 39.0 Å². The molecule has 94 valence electrons. The summed E-state index contributed by atoms with van der Waals surface area (Å²) in [5, 5.41) is 21.8. The van der Waals surface area contributed by atoms with E-state index in [2.05, 4.69) is 22.4 Å². The predicted octanol–water partition coefficient (Wildman–Crippen LogP) is 2.67. The fourth-order valence-corrected chi connectivity index (χ4v) is 2.31. The quantitative estimate of drug-likeness (QED) is 0.831. The van der Waals surface area contributed by atoms with Crippen molar-refractivity contribution in [2.75, 3.05) is 0 Å². The van der Waals surface area contributed by atoms with Gasteiger partial charge in [0.25, 0.3) is 0 Å². The topological polar surface area (TPSA) is 72.5 Å². The maximum atomic E-state index is 9.35. The molecule has 0 unspecified atom stereocenters. The van der Waals surface area contributed by atoms with Gasteiger partial charge >= 0.3 is 0 Å². The molecule has 1 aromatic heterocycles. The summed E-state index contributed by atoms with van der Waals surface area (Å²) >= 11 is 0. The SMILES string of the molecule is CC1=C(C#N)C(c2cccc(C)n2)C(C#N)=C(C)N1. The molecule has 2 heterocycles. The van der Waals surface area contributed by atoms with E-state index in [0.717, 1.165) is 22.8 Å². The van der Waals surface area contributed by atoms with Crippen molar-refractivity contribution in [2.24, 2.45) is 0 Å². The lowest BCUT2D eigenvalue weighted by atomic mass is 9.84. The third-order valence-corrected chi connectivity index (χ3v) is 3.21. The van der Waals surface area contributed by atoms with E-state index >= 15 is 0 Å². The first-order valence-electron chi connectivity index (χ1n) is 6.00. The van der Waals surface area contributed by atoms with Gasteiger partial charge in [0.2, 0.25) is 0 Å². The molecule has 4 heteroatoms. The lowest BCUT2D eigenvalue weighted by Gasteiger charge is -2.25. The number of nitrogens with one attached hydrogen (secondary N) is 1. The second-order valence-electron chi connectivity index (χ2n) is 4.56. The maximum absolute atomic E-state index is 9.35. The highest BCUT2D eigenvalue weighted by Gasteiger charge is 2.30. The molecule has 2 rings (SSSR count).